The van der Waals surface area contributed by atoms with E-state index in [1.165, 1.54) is 0 Å². The van der Waals surface area contributed by atoms with Crippen molar-refractivity contribution in [3.05, 3.63) is 89.0 Å². The zero-order chi connectivity index (χ0) is 23.2. The van der Waals surface area contributed by atoms with E-state index in [9.17, 15) is 22.0 Å². The molecule has 0 unspecified atom stereocenters. The van der Waals surface area contributed by atoms with Gasteiger partial charge in [-0.2, -0.15) is 0 Å². The Morgan fingerprint density at radius 1 is 0.970 bits per heavy atom. The fraction of sp³-hybridized carbons (Fsp3) is 0.240. The SMILES string of the molecule is O=C1Nc2c(CCc3ccccc3)cc(NS(=O)(=O)c3ccc(F)cc3F)cc2C12CCC2. The molecule has 0 saturated heterocycles. The summed E-state index contributed by atoms with van der Waals surface area (Å²) >= 11 is 0. The first kappa shape index (κ1) is 21.6. The van der Waals surface area contributed by atoms with Gasteiger partial charge < -0.3 is 5.32 Å². The van der Waals surface area contributed by atoms with Crippen molar-refractivity contribution in [2.75, 3.05) is 10.0 Å². The molecule has 1 saturated carbocycles. The quantitative estimate of drug-likeness (QED) is 0.539. The summed E-state index contributed by atoms with van der Waals surface area (Å²) in [5.74, 6) is -2.08. The molecule has 170 valence electrons. The van der Waals surface area contributed by atoms with Crippen molar-refractivity contribution >= 4 is 27.3 Å². The van der Waals surface area contributed by atoms with Crippen LogP contribution in [0.3, 0.4) is 0 Å². The first-order valence-electron chi connectivity index (χ1n) is 10.8. The Morgan fingerprint density at radius 3 is 2.39 bits per heavy atom. The van der Waals surface area contributed by atoms with Crippen LogP contribution in [0.2, 0.25) is 0 Å². The number of fused-ring (bicyclic) bond motifs is 2. The number of benzene rings is 3. The number of aryl methyl sites for hydroxylation is 2. The molecule has 0 aromatic heterocycles. The molecule has 5 nitrogen and oxygen atoms in total. The second kappa shape index (κ2) is 7.95. The number of carbonyl (C=O) groups excluding carboxylic acids is 1. The maximum absolute atomic E-state index is 14.2. The lowest BCUT2D eigenvalue weighted by atomic mass is 9.65. The normalized spacial score (nSPS) is 16.2. The molecule has 3 aromatic rings. The van der Waals surface area contributed by atoms with Gasteiger partial charge in [-0.1, -0.05) is 36.8 Å². The third-order valence-electron chi connectivity index (χ3n) is 6.58. The highest BCUT2D eigenvalue weighted by Gasteiger charge is 2.51. The van der Waals surface area contributed by atoms with Crippen LogP contribution in [0.5, 0.6) is 0 Å². The Labute approximate surface area is 190 Å². The van der Waals surface area contributed by atoms with Crippen molar-refractivity contribution in [2.45, 2.75) is 42.4 Å². The van der Waals surface area contributed by atoms with Crippen LogP contribution < -0.4 is 10.0 Å². The van der Waals surface area contributed by atoms with Crippen LogP contribution in [-0.2, 0) is 33.1 Å². The third-order valence-corrected chi connectivity index (χ3v) is 7.99. The number of hydrogen-bond acceptors (Lipinski definition) is 3. The van der Waals surface area contributed by atoms with Gasteiger partial charge in [-0.3, -0.25) is 9.52 Å². The van der Waals surface area contributed by atoms with E-state index in [-0.39, 0.29) is 11.6 Å². The van der Waals surface area contributed by atoms with Crippen LogP contribution >= 0.6 is 0 Å². The van der Waals surface area contributed by atoms with Crippen LogP contribution in [0, 0.1) is 11.6 Å². The predicted octanol–water partition coefficient (Wildman–Crippen LogP) is 4.92. The van der Waals surface area contributed by atoms with Crippen molar-refractivity contribution in [1.29, 1.82) is 0 Å². The summed E-state index contributed by atoms with van der Waals surface area (Å²) in [5, 5.41) is 3.01. The monoisotopic (exact) mass is 468 g/mol. The minimum absolute atomic E-state index is 0.0608. The minimum Gasteiger partial charge on any atom is -0.325 e. The Morgan fingerprint density at radius 2 is 1.73 bits per heavy atom. The molecule has 8 heteroatoms. The summed E-state index contributed by atoms with van der Waals surface area (Å²) in [6.45, 7) is 0. The van der Waals surface area contributed by atoms with Gasteiger partial charge in [-0.15, -0.1) is 0 Å². The molecule has 1 spiro atoms. The highest BCUT2D eigenvalue weighted by molar-refractivity contribution is 7.92. The molecule has 2 aliphatic rings. The number of rotatable bonds is 6. The van der Waals surface area contributed by atoms with Crippen LogP contribution in [0.4, 0.5) is 20.2 Å². The van der Waals surface area contributed by atoms with Gasteiger partial charge in [0.2, 0.25) is 5.91 Å². The predicted molar refractivity (Wildman–Crippen MR) is 122 cm³/mol. The van der Waals surface area contributed by atoms with E-state index >= 15 is 0 Å². The first-order valence-corrected chi connectivity index (χ1v) is 12.3. The molecule has 0 atom stereocenters. The molecule has 1 amide bonds. The molecule has 1 heterocycles. The van der Waals surface area contributed by atoms with E-state index in [1.807, 2.05) is 30.3 Å². The molecule has 3 aromatic carbocycles. The number of hydrogen-bond donors (Lipinski definition) is 2. The molecule has 1 aliphatic carbocycles. The van der Waals surface area contributed by atoms with Gasteiger partial charge in [-0.05, 0) is 66.6 Å². The van der Waals surface area contributed by atoms with E-state index in [0.29, 0.717) is 31.7 Å². The number of sulfonamides is 1. The van der Waals surface area contributed by atoms with Gasteiger partial charge in [0, 0.05) is 17.4 Å². The minimum atomic E-state index is -4.30. The van der Waals surface area contributed by atoms with E-state index in [2.05, 4.69) is 10.0 Å². The lowest BCUT2D eigenvalue weighted by Gasteiger charge is -2.36. The zero-order valence-corrected chi connectivity index (χ0v) is 18.5. The second-order valence-electron chi connectivity index (χ2n) is 8.61. The largest absolute Gasteiger partial charge is 0.325 e. The van der Waals surface area contributed by atoms with E-state index in [4.69, 9.17) is 0 Å². The molecule has 1 fully saturated rings. The number of carbonyl (C=O) groups is 1. The van der Waals surface area contributed by atoms with Gasteiger partial charge in [0.05, 0.1) is 5.41 Å². The van der Waals surface area contributed by atoms with Crippen molar-refractivity contribution in [3.63, 3.8) is 0 Å². The Kier molecular flexibility index (Phi) is 5.20. The highest BCUT2D eigenvalue weighted by Crippen LogP contribution is 2.53. The molecular weight excluding hydrogens is 446 g/mol. The van der Waals surface area contributed by atoms with Gasteiger partial charge in [-0.25, -0.2) is 17.2 Å². The van der Waals surface area contributed by atoms with Crippen LogP contribution in [0.1, 0.15) is 36.0 Å². The van der Waals surface area contributed by atoms with Crippen molar-refractivity contribution < 1.29 is 22.0 Å². The third kappa shape index (κ3) is 3.78. The standard InChI is InChI=1S/C25H22F2N2O3S/c26-18-9-10-22(21(27)14-18)33(31,32)29-19-13-17(8-7-16-5-2-1-3-6-16)23-20(15-19)25(11-4-12-25)24(30)28-23/h1-3,5-6,9-10,13-15,29H,4,7-8,11-12H2,(H,28,30). The molecule has 5 rings (SSSR count). The lowest BCUT2D eigenvalue weighted by molar-refractivity contribution is -0.123. The van der Waals surface area contributed by atoms with Gasteiger partial charge in [0.25, 0.3) is 10.0 Å². The van der Waals surface area contributed by atoms with E-state index in [0.717, 1.165) is 40.9 Å². The summed E-state index contributed by atoms with van der Waals surface area (Å²) in [4.78, 5) is 12.2. The molecule has 0 bridgehead atoms. The van der Waals surface area contributed by atoms with Crippen LogP contribution in [0.15, 0.2) is 65.6 Å². The lowest BCUT2D eigenvalue weighted by Crippen LogP contribution is -2.40. The average Bonchev–Trinajstić information content (AvgIpc) is 3.04. The summed E-state index contributed by atoms with van der Waals surface area (Å²) in [5.41, 5.74) is 3.06. The Balaban J connectivity index is 1.53. The summed E-state index contributed by atoms with van der Waals surface area (Å²) in [7, 11) is -4.30. The van der Waals surface area contributed by atoms with Gasteiger partial charge >= 0.3 is 0 Å². The first-order chi connectivity index (χ1) is 15.8. The van der Waals surface area contributed by atoms with Crippen LogP contribution in [-0.4, -0.2) is 14.3 Å². The second-order valence-corrected chi connectivity index (χ2v) is 10.3. The molecule has 1 aliphatic heterocycles. The maximum Gasteiger partial charge on any atom is 0.264 e. The molecule has 2 N–H and O–H groups in total. The molecular formula is C25H22F2N2O3S. The van der Waals surface area contributed by atoms with Gasteiger partial charge in [0.15, 0.2) is 0 Å². The highest BCUT2D eigenvalue weighted by atomic mass is 32.2. The number of anilines is 2. The van der Waals surface area contributed by atoms with Gasteiger partial charge in [0.1, 0.15) is 16.5 Å². The summed E-state index contributed by atoms with van der Waals surface area (Å²) in [6, 6.07) is 15.5. The number of amides is 1. The summed E-state index contributed by atoms with van der Waals surface area (Å²) < 4.78 is 55.6. The Bertz CT molecular complexity index is 1350. The number of halogens is 2. The Hall–Kier alpha value is -3.26. The van der Waals surface area contributed by atoms with Crippen molar-refractivity contribution in [3.8, 4) is 0 Å². The van der Waals surface area contributed by atoms with Crippen molar-refractivity contribution in [2.24, 2.45) is 0 Å². The van der Waals surface area contributed by atoms with Crippen molar-refractivity contribution in [1.82, 2.24) is 0 Å². The average molecular weight is 469 g/mol. The smallest absolute Gasteiger partial charge is 0.264 e. The summed E-state index contributed by atoms with van der Waals surface area (Å²) in [6.07, 6.45) is 3.62. The fourth-order valence-electron chi connectivity index (χ4n) is 4.69. The van der Waals surface area contributed by atoms with E-state index < -0.39 is 32.0 Å². The van der Waals surface area contributed by atoms with Crippen LogP contribution in [0.25, 0.3) is 0 Å². The zero-order valence-electron chi connectivity index (χ0n) is 17.7. The molecule has 33 heavy (non-hydrogen) atoms. The van der Waals surface area contributed by atoms with E-state index in [1.54, 1.807) is 12.1 Å². The topological polar surface area (TPSA) is 75.3 Å². The molecule has 0 radical (unpaired) electrons. The fourth-order valence-corrected chi connectivity index (χ4v) is 5.79. The number of nitrogens with one attached hydrogen (secondary N) is 2. The maximum atomic E-state index is 14.2.